The smallest absolute Gasteiger partial charge is 0.416 e. The van der Waals surface area contributed by atoms with Crippen LogP contribution in [0.5, 0.6) is 11.5 Å². The molecular formula is C23H21F3N2O3. The lowest BCUT2D eigenvalue weighted by Crippen LogP contribution is -2.05. The average molecular weight is 430 g/mol. The van der Waals surface area contributed by atoms with Crippen LogP contribution in [0.3, 0.4) is 0 Å². The van der Waals surface area contributed by atoms with Crippen LogP contribution < -0.4 is 9.47 Å². The summed E-state index contributed by atoms with van der Waals surface area (Å²) in [7, 11) is 1.49. The van der Waals surface area contributed by atoms with Crippen molar-refractivity contribution in [3.8, 4) is 11.5 Å². The number of benzene rings is 2. The van der Waals surface area contributed by atoms with Gasteiger partial charge in [0, 0.05) is 18.3 Å². The van der Waals surface area contributed by atoms with Gasteiger partial charge >= 0.3 is 6.18 Å². The highest BCUT2D eigenvalue weighted by molar-refractivity contribution is 6.05. The number of alkyl halides is 3. The molecule has 0 saturated heterocycles. The van der Waals surface area contributed by atoms with E-state index in [9.17, 15) is 18.0 Å². The summed E-state index contributed by atoms with van der Waals surface area (Å²) in [5.74, 6) is 0.390. The van der Waals surface area contributed by atoms with Crippen molar-refractivity contribution in [1.29, 1.82) is 0 Å². The van der Waals surface area contributed by atoms with E-state index in [1.54, 1.807) is 41.2 Å². The molecule has 0 aliphatic rings. The monoisotopic (exact) mass is 430 g/mol. The van der Waals surface area contributed by atoms with Gasteiger partial charge in [-0.05, 0) is 55.0 Å². The molecule has 0 atom stereocenters. The fourth-order valence-electron chi connectivity index (χ4n) is 2.86. The number of aryl methyl sites for hydroxylation is 1. The van der Waals surface area contributed by atoms with E-state index in [-0.39, 0.29) is 18.1 Å². The number of carbonyl (C=O) groups excluding carboxylic acids is 1. The number of carbonyl (C=O) groups is 1. The standard InChI is InChI=1S/C23H21F3N2O3/c1-3-28-12-11-20(27-28)21(29)9-7-16-8-10-22(30-2)17(13-16)15-31-19-6-4-5-18(14-19)23(24,25)26/h4-14H,3,15H2,1-2H3/b9-7+. The molecule has 3 aromatic rings. The van der Waals surface area contributed by atoms with E-state index < -0.39 is 11.7 Å². The van der Waals surface area contributed by atoms with E-state index in [0.717, 1.165) is 12.1 Å². The fourth-order valence-corrected chi connectivity index (χ4v) is 2.86. The minimum absolute atomic E-state index is 0.00101. The van der Waals surface area contributed by atoms with Crippen molar-refractivity contribution in [2.45, 2.75) is 26.3 Å². The zero-order valence-electron chi connectivity index (χ0n) is 17.0. The molecular weight excluding hydrogens is 409 g/mol. The Morgan fingerprint density at radius 3 is 2.65 bits per heavy atom. The Morgan fingerprint density at radius 2 is 1.97 bits per heavy atom. The maximum absolute atomic E-state index is 12.9. The molecule has 162 valence electrons. The summed E-state index contributed by atoms with van der Waals surface area (Å²) in [4.78, 5) is 12.3. The minimum atomic E-state index is -4.44. The van der Waals surface area contributed by atoms with E-state index in [2.05, 4.69) is 5.10 Å². The van der Waals surface area contributed by atoms with E-state index in [1.807, 2.05) is 6.92 Å². The van der Waals surface area contributed by atoms with Gasteiger partial charge in [0.15, 0.2) is 0 Å². The molecule has 1 heterocycles. The molecule has 31 heavy (non-hydrogen) atoms. The highest BCUT2D eigenvalue weighted by Crippen LogP contribution is 2.32. The molecule has 0 fully saturated rings. The Bertz CT molecular complexity index is 1090. The second kappa shape index (κ2) is 9.51. The van der Waals surface area contributed by atoms with E-state index in [1.165, 1.54) is 25.3 Å². The van der Waals surface area contributed by atoms with Crippen molar-refractivity contribution in [1.82, 2.24) is 9.78 Å². The predicted molar refractivity (Wildman–Crippen MR) is 110 cm³/mol. The van der Waals surface area contributed by atoms with Gasteiger partial charge in [0.05, 0.1) is 12.7 Å². The molecule has 5 nitrogen and oxygen atoms in total. The first-order valence-electron chi connectivity index (χ1n) is 9.53. The maximum atomic E-state index is 12.9. The van der Waals surface area contributed by atoms with Gasteiger partial charge in [0.2, 0.25) is 5.78 Å². The van der Waals surface area contributed by atoms with Crippen molar-refractivity contribution >= 4 is 11.9 Å². The van der Waals surface area contributed by atoms with Crippen LogP contribution in [-0.4, -0.2) is 22.7 Å². The van der Waals surface area contributed by atoms with Gasteiger partial charge in [-0.3, -0.25) is 9.48 Å². The first-order chi connectivity index (χ1) is 14.8. The van der Waals surface area contributed by atoms with Gasteiger partial charge in [-0.2, -0.15) is 18.3 Å². The number of allylic oxidation sites excluding steroid dienone is 1. The molecule has 0 amide bonds. The summed E-state index contributed by atoms with van der Waals surface area (Å²) < 4.78 is 51.2. The van der Waals surface area contributed by atoms with Gasteiger partial charge in [-0.1, -0.05) is 18.2 Å². The largest absolute Gasteiger partial charge is 0.496 e. The Hall–Kier alpha value is -3.55. The van der Waals surface area contributed by atoms with Gasteiger partial charge in [0.1, 0.15) is 23.8 Å². The van der Waals surface area contributed by atoms with Gasteiger partial charge < -0.3 is 9.47 Å². The third-order valence-electron chi connectivity index (χ3n) is 4.50. The second-order valence-electron chi connectivity index (χ2n) is 6.64. The number of rotatable bonds is 8. The van der Waals surface area contributed by atoms with Crippen LogP contribution in [0.25, 0.3) is 6.08 Å². The lowest BCUT2D eigenvalue weighted by atomic mass is 10.1. The molecule has 0 unspecified atom stereocenters. The number of ether oxygens (including phenoxy) is 2. The number of ketones is 1. The van der Waals surface area contributed by atoms with Crippen LogP contribution in [0.2, 0.25) is 0 Å². The lowest BCUT2D eigenvalue weighted by Gasteiger charge is -2.13. The highest BCUT2D eigenvalue weighted by Gasteiger charge is 2.30. The molecule has 0 aliphatic heterocycles. The predicted octanol–water partition coefficient (Wildman–Crippen LogP) is 5.41. The number of hydrogen-bond acceptors (Lipinski definition) is 4. The SMILES string of the molecule is CCn1ccc(C(=O)/C=C/c2ccc(OC)c(COc3cccc(C(F)(F)F)c3)c2)n1. The number of halogens is 3. The van der Waals surface area contributed by atoms with Crippen molar-refractivity contribution in [3.63, 3.8) is 0 Å². The van der Waals surface area contributed by atoms with Crippen molar-refractivity contribution < 1.29 is 27.4 Å². The second-order valence-corrected chi connectivity index (χ2v) is 6.64. The normalized spacial score (nSPS) is 11.6. The quantitative estimate of drug-likeness (QED) is 0.354. The summed E-state index contributed by atoms with van der Waals surface area (Å²) in [6.07, 6.45) is 0.348. The third kappa shape index (κ3) is 5.75. The zero-order valence-corrected chi connectivity index (χ0v) is 17.0. The van der Waals surface area contributed by atoms with Crippen LogP contribution in [0.4, 0.5) is 13.2 Å². The van der Waals surface area contributed by atoms with Crippen LogP contribution >= 0.6 is 0 Å². The molecule has 1 aromatic heterocycles. The molecule has 8 heteroatoms. The number of nitrogens with zero attached hydrogens (tertiary/aromatic N) is 2. The Morgan fingerprint density at radius 1 is 1.16 bits per heavy atom. The average Bonchev–Trinajstić information content (AvgIpc) is 3.25. The van der Waals surface area contributed by atoms with E-state index in [4.69, 9.17) is 9.47 Å². The lowest BCUT2D eigenvalue weighted by molar-refractivity contribution is -0.137. The summed E-state index contributed by atoms with van der Waals surface area (Å²) >= 11 is 0. The van der Waals surface area contributed by atoms with Crippen LogP contribution in [0.15, 0.2) is 60.8 Å². The van der Waals surface area contributed by atoms with Crippen molar-refractivity contribution in [2.75, 3.05) is 7.11 Å². The molecule has 0 spiro atoms. The summed E-state index contributed by atoms with van der Waals surface area (Å²) in [5.41, 5.74) is 0.911. The molecule has 0 saturated carbocycles. The molecule has 3 rings (SSSR count). The summed E-state index contributed by atoms with van der Waals surface area (Å²) in [5, 5.41) is 4.17. The number of methoxy groups -OCH3 is 1. The fraction of sp³-hybridized carbons (Fsp3) is 0.217. The van der Waals surface area contributed by atoms with Gasteiger partial charge in [-0.25, -0.2) is 0 Å². The van der Waals surface area contributed by atoms with Crippen molar-refractivity contribution in [2.24, 2.45) is 0 Å². The first kappa shape index (κ1) is 22.1. The summed E-state index contributed by atoms with van der Waals surface area (Å²) in [6, 6.07) is 11.6. The Kier molecular flexibility index (Phi) is 6.79. The van der Waals surface area contributed by atoms with Crippen LogP contribution in [-0.2, 0) is 19.3 Å². The molecule has 0 N–H and O–H groups in total. The van der Waals surface area contributed by atoms with Gasteiger partial charge in [-0.15, -0.1) is 0 Å². The van der Waals surface area contributed by atoms with E-state index >= 15 is 0 Å². The molecule has 2 aromatic carbocycles. The maximum Gasteiger partial charge on any atom is 0.416 e. The van der Waals surface area contributed by atoms with Crippen LogP contribution in [0.1, 0.15) is 34.1 Å². The van der Waals surface area contributed by atoms with E-state index in [0.29, 0.717) is 29.1 Å². The topological polar surface area (TPSA) is 53.4 Å². The Labute approximate surface area is 177 Å². The molecule has 0 aliphatic carbocycles. The number of hydrogen-bond donors (Lipinski definition) is 0. The molecule has 0 radical (unpaired) electrons. The first-order valence-corrected chi connectivity index (χ1v) is 9.53. The summed E-state index contributed by atoms with van der Waals surface area (Å²) in [6.45, 7) is 2.60. The van der Waals surface area contributed by atoms with Crippen molar-refractivity contribution in [3.05, 3.63) is 83.2 Å². The highest BCUT2D eigenvalue weighted by atomic mass is 19.4. The van der Waals surface area contributed by atoms with Crippen LogP contribution in [0, 0.1) is 0 Å². The minimum Gasteiger partial charge on any atom is -0.496 e. The van der Waals surface area contributed by atoms with Gasteiger partial charge in [0.25, 0.3) is 0 Å². The Balaban J connectivity index is 1.74. The third-order valence-corrected chi connectivity index (χ3v) is 4.50. The molecule has 0 bridgehead atoms. The zero-order chi connectivity index (χ0) is 22.4. The number of aromatic nitrogens is 2.